The average molecular weight is 270 g/mol. The zero-order chi connectivity index (χ0) is 14.5. The van der Waals surface area contributed by atoms with Crippen LogP contribution in [-0.2, 0) is 9.59 Å². The summed E-state index contributed by atoms with van der Waals surface area (Å²) in [6.45, 7) is 4.26. The lowest BCUT2D eigenvalue weighted by Gasteiger charge is -2.12. The summed E-state index contributed by atoms with van der Waals surface area (Å²) in [5.74, 6) is -1.66. The quantitative estimate of drug-likeness (QED) is 0.393. The van der Waals surface area contributed by atoms with Gasteiger partial charge in [-0.3, -0.25) is 4.79 Å². The van der Waals surface area contributed by atoms with Crippen LogP contribution in [0.3, 0.4) is 0 Å². The van der Waals surface area contributed by atoms with Crippen molar-refractivity contribution in [1.29, 1.82) is 0 Å². The molecule has 3 heteroatoms. The van der Waals surface area contributed by atoms with Crippen LogP contribution in [0.1, 0.15) is 84.5 Å². The second-order valence-corrected chi connectivity index (χ2v) is 5.47. The van der Waals surface area contributed by atoms with Gasteiger partial charge in [-0.25, -0.2) is 4.79 Å². The maximum atomic E-state index is 11.1. The van der Waals surface area contributed by atoms with E-state index in [9.17, 15) is 9.59 Å². The van der Waals surface area contributed by atoms with Crippen molar-refractivity contribution in [2.75, 3.05) is 0 Å². The molecular formula is C16H30O3. The van der Waals surface area contributed by atoms with Crippen molar-refractivity contribution in [1.82, 2.24) is 0 Å². The molecule has 0 rings (SSSR count). The third kappa shape index (κ3) is 10.7. The molecule has 0 aliphatic carbocycles. The number of ketones is 1. The maximum Gasteiger partial charge on any atom is 0.372 e. The lowest BCUT2D eigenvalue weighted by molar-refractivity contribution is -0.149. The molecule has 1 unspecified atom stereocenters. The Balaban J connectivity index is 3.51. The van der Waals surface area contributed by atoms with E-state index in [1.807, 2.05) is 6.92 Å². The number of aliphatic carboxylic acids is 1. The molecule has 1 N–H and O–H groups in total. The molecule has 0 aromatic heterocycles. The van der Waals surface area contributed by atoms with Gasteiger partial charge in [-0.2, -0.15) is 0 Å². The monoisotopic (exact) mass is 270 g/mol. The molecule has 0 saturated carbocycles. The maximum absolute atomic E-state index is 11.1. The minimum absolute atomic E-state index is 0.211. The summed E-state index contributed by atoms with van der Waals surface area (Å²) in [5, 5.41) is 8.59. The zero-order valence-corrected chi connectivity index (χ0v) is 12.6. The molecule has 0 bridgehead atoms. The van der Waals surface area contributed by atoms with Crippen LogP contribution in [0.25, 0.3) is 0 Å². The van der Waals surface area contributed by atoms with Gasteiger partial charge in [0.1, 0.15) is 0 Å². The summed E-state index contributed by atoms with van der Waals surface area (Å²) in [7, 11) is 0. The van der Waals surface area contributed by atoms with E-state index in [0.717, 1.165) is 19.3 Å². The normalized spacial score (nSPS) is 12.3. The molecular weight excluding hydrogens is 240 g/mol. The van der Waals surface area contributed by atoms with Crippen LogP contribution < -0.4 is 0 Å². The Kier molecular flexibility index (Phi) is 11.6. The van der Waals surface area contributed by atoms with Crippen LogP contribution in [0.15, 0.2) is 0 Å². The van der Waals surface area contributed by atoms with Gasteiger partial charge in [0, 0.05) is 6.42 Å². The number of carbonyl (C=O) groups excluding carboxylic acids is 1. The van der Waals surface area contributed by atoms with E-state index in [4.69, 9.17) is 5.11 Å². The van der Waals surface area contributed by atoms with Crippen LogP contribution in [0.2, 0.25) is 0 Å². The zero-order valence-electron chi connectivity index (χ0n) is 12.6. The van der Waals surface area contributed by atoms with Crippen LogP contribution in [-0.4, -0.2) is 16.9 Å². The second-order valence-electron chi connectivity index (χ2n) is 5.47. The molecule has 0 saturated heterocycles. The third-order valence-electron chi connectivity index (χ3n) is 3.76. The van der Waals surface area contributed by atoms with Crippen molar-refractivity contribution in [2.24, 2.45) is 5.92 Å². The minimum Gasteiger partial charge on any atom is -0.476 e. The van der Waals surface area contributed by atoms with E-state index in [0.29, 0.717) is 0 Å². The summed E-state index contributed by atoms with van der Waals surface area (Å²) in [6, 6.07) is 0. The third-order valence-corrected chi connectivity index (χ3v) is 3.76. The average Bonchev–Trinajstić information content (AvgIpc) is 2.39. The van der Waals surface area contributed by atoms with E-state index in [-0.39, 0.29) is 12.3 Å². The van der Waals surface area contributed by atoms with Crippen LogP contribution in [0, 0.1) is 5.92 Å². The van der Waals surface area contributed by atoms with Crippen molar-refractivity contribution in [3.05, 3.63) is 0 Å². The highest BCUT2D eigenvalue weighted by Crippen LogP contribution is 2.18. The van der Waals surface area contributed by atoms with Gasteiger partial charge >= 0.3 is 5.97 Å². The Morgan fingerprint density at radius 2 is 1.42 bits per heavy atom. The Labute approximate surface area is 117 Å². The first-order valence-electron chi connectivity index (χ1n) is 7.87. The summed E-state index contributed by atoms with van der Waals surface area (Å²) in [6.07, 6.45) is 12.3. The first-order valence-corrected chi connectivity index (χ1v) is 7.87. The fourth-order valence-corrected chi connectivity index (χ4v) is 2.37. The number of hydrogen-bond acceptors (Lipinski definition) is 2. The number of carbonyl (C=O) groups is 2. The van der Waals surface area contributed by atoms with Crippen molar-refractivity contribution >= 4 is 11.8 Å². The topological polar surface area (TPSA) is 54.4 Å². The summed E-state index contributed by atoms with van der Waals surface area (Å²) < 4.78 is 0. The lowest BCUT2D eigenvalue weighted by Crippen LogP contribution is -2.16. The number of Topliss-reactive ketones (excluding diaryl/α,β-unsaturated/α-hetero) is 1. The standard InChI is InChI=1S/C16H30O3/c1-3-5-6-7-8-9-10-11-12-14(4-2)13-15(17)16(18)19/h14H,3-13H2,1-2H3,(H,18,19). The number of unbranched alkanes of at least 4 members (excludes halogenated alkanes) is 7. The number of carboxylic acids is 1. The van der Waals surface area contributed by atoms with E-state index < -0.39 is 11.8 Å². The molecule has 0 aromatic rings. The van der Waals surface area contributed by atoms with Crippen LogP contribution in [0.4, 0.5) is 0 Å². The van der Waals surface area contributed by atoms with Gasteiger partial charge in [0.25, 0.3) is 0 Å². The predicted molar refractivity (Wildman–Crippen MR) is 78.3 cm³/mol. The Bertz CT molecular complexity index is 248. The molecule has 112 valence electrons. The van der Waals surface area contributed by atoms with Gasteiger partial charge in [0.2, 0.25) is 5.78 Å². The minimum atomic E-state index is -1.28. The van der Waals surface area contributed by atoms with Gasteiger partial charge in [-0.05, 0) is 5.92 Å². The highest BCUT2D eigenvalue weighted by molar-refractivity contribution is 6.32. The fraction of sp³-hybridized carbons (Fsp3) is 0.875. The van der Waals surface area contributed by atoms with E-state index >= 15 is 0 Å². The largest absolute Gasteiger partial charge is 0.476 e. The van der Waals surface area contributed by atoms with Crippen molar-refractivity contribution in [3.63, 3.8) is 0 Å². The molecule has 0 spiro atoms. The van der Waals surface area contributed by atoms with Gasteiger partial charge < -0.3 is 5.11 Å². The Hall–Kier alpha value is -0.860. The first kappa shape index (κ1) is 18.1. The Morgan fingerprint density at radius 3 is 1.89 bits per heavy atom. The van der Waals surface area contributed by atoms with E-state index in [2.05, 4.69) is 6.92 Å². The van der Waals surface area contributed by atoms with Gasteiger partial charge in [-0.15, -0.1) is 0 Å². The second kappa shape index (κ2) is 12.2. The number of carboxylic acid groups (broad SMARTS) is 1. The molecule has 3 nitrogen and oxygen atoms in total. The molecule has 0 radical (unpaired) electrons. The van der Waals surface area contributed by atoms with E-state index in [1.165, 1.54) is 44.9 Å². The smallest absolute Gasteiger partial charge is 0.372 e. The lowest BCUT2D eigenvalue weighted by atomic mass is 9.93. The molecule has 0 aromatic carbocycles. The fourth-order valence-electron chi connectivity index (χ4n) is 2.37. The highest BCUT2D eigenvalue weighted by Gasteiger charge is 2.17. The predicted octanol–water partition coefficient (Wildman–Crippen LogP) is 4.59. The van der Waals surface area contributed by atoms with Gasteiger partial charge in [-0.1, -0.05) is 78.1 Å². The summed E-state index contributed by atoms with van der Waals surface area (Å²) >= 11 is 0. The molecule has 0 fully saturated rings. The molecule has 1 atom stereocenters. The van der Waals surface area contributed by atoms with Crippen LogP contribution >= 0.6 is 0 Å². The van der Waals surface area contributed by atoms with Crippen molar-refractivity contribution in [3.8, 4) is 0 Å². The Morgan fingerprint density at radius 1 is 0.895 bits per heavy atom. The number of hydrogen-bond donors (Lipinski definition) is 1. The van der Waals surface area contributed by atoms with Gasteiger partial charge in [0.15, 0.2) is 0 Å². The first-order chi connectivity index (χ1) is 9.11. The van der Waals surface area contributed by atoms with Crippen molar-refractivity contribution < 1.29 is 14.7 Å². The molecule has 0 aliphatic heterocycles. The highest BCUT2D eigenvalue weighted by atomic mass is 16.4. The molecule has 0 amide bonds. The van der Waals surface area contributed by atoms with Crippen molar-refractivity contribution in [2.45, 2.75) is 84.5 Å². The summed E-state index contributed by atoms with van der Waals surface area (Å²) in [5.41, 5.74) is 0. The molecule has 0 aliphatic rings. The number of rotatable bonds is 13. The molecule has 19 heavy (non-hydrogen) atoms. The molecule has 0 heterocycles. The van der Waals surface area contributed by atoms with E-state index in [1.54, 1.807) is 0 Å². The SMILES string of the molecule is CCCCCCCCCCC(CC)CC(=O)C(=O)O. The van der Waals surface area contributed by atoms with Gasteiger partial charge in [0.05, 0.1) is 0 Å². The van der Waals surface area contributed by atoms with Crippen LogP contribution in [0.5, 0.6) is 0 Å². The summed E-state index contributed by atoms with van der Waals surface area (Å²) in [4.78, 5) is 21.7.